The molecule has 0 radical (unpaired) electrons. The van der Waals surface area contributed by atoms with Gasteiger partial charge in [0.1, 0.15) is 0 Å². The highest BCUT2D eigenvalue weighted by atomic mass is 32.2. The molecule has 1 amide bonds. The van der Waals surface area contributed by atoms with Crippen molar-refractivity contribution in [2.45, 2.75) is 17.0 Å². The van der Waals surface area contributed by atoms with Crippen molar-refractivity contribution in [3.05, 3.63) is 35.4 Å². The maximum absolute atomic E-state index is 11.1. The first kappa shape index (κ1) is 14.6. The van der Waals surface area contributed by atoms with E-state index in [4.69, 9.17) is 0 Å². The molecule has 3 rings (SSSR count). The summed E-state index contributed by atoms with van der Waals surface area (Å²) in [5.41, 5.74) is 2.51. The van der Waals surface area contributed by atoms with Crippen molar-refractivity contribution in [3.63, 3.8) is 0 Å². The number of hydrogen-bond donors (Lipinski definition) is 1. The molecule has 0 atom stereocenters. The lowest BCUT2D eigenvalue weighted by atomic mass is 10.2. The van der Waals surface area contributed by atoms with Crippen LogP contribution in [0.1, 0.15) is 11.1 Å². The third-order valence-electron chi connectivity index (χ3n) is 2.66. The Morgan fingerprint density at radius 1 is 1.33 bits per heavy atom. The molecule has 2 heterocycles. The van der Waals surface area contributed by atoms with E-state index in [0.717, 1.165) is 10.1 Å². The number of nitrogens with one attached hydrogen (secondary N) is 1. The predicted octanol–water partition coefficient (Wildman–Crippen LogP) is 2.99. The Hall–Kier alpha value is -1.38. The third-order valence-corrected chi connectivity index (χ3v) is 5.56. The minimum atomic E-state index is -0.0164. The molecule has 1 fully saturated rings. The van der Waals surface area contributed by atoms with Crippen molar-refractivity contribution in [2.75, 3.05) is 5.75 Å². The van der Waals surface area contributed by atoms with E-state index < -0.39 is 0 Å². The number of thioether (sulfide) groups is 2. The van der Waals surface area contributed by atoms with E-state index in [0.29, 0.717) is 16.1 Å². The van der Waals surface area contributed by atoms with Crippen LogP contribution in [0, 0.1) is 6.92 Å². The van der Waals surface area contributed by atoms with Crippen molar-refractivity contribution in [1.29, 1.82) is 0 Å². The predicted molar refractivity (Wildman–Crippen MR) is 88.3 cm³/mol. The molecule has 5 nitrogen and oxygen atoms in total. The van der Waals surface area contributed by atoms with E-state index in [-0.39, 0.29) is 5.91 Å². The summed E-state index contributed by atoms with van der Waals surface area (Å²) in [5.74, 6) is 1.26. The highest BCUT2D eigenvalue weighted by molar-refractivity contribution is 8.15. The molecule has 1 aliphatic rings. The molecule has 2 aromatic rings. The first-order valence-corrected chi connectivity index (χ1v) is 9.01. The van der Waals surface area contributed by atoms with Gasteiger partial charge in [-0.05, 0) is 12.5 Å². The van der Waals surface area contributed by atoms with Crippen LogP contribution in [-0.4, -0.2) is 27.0 Å². The average Bonchev–Trinajstić information content (AvgIpc) is 3.08. The van der Waals surface area contributed by atoms with Crippen LogP contribution in [0.3, 0.4) is 0 Å². The van der Waals surface area contributed by atoms with Crippen LogP contribution in [0.25, 0.3) is 0 Å². The molecule has 0 saturated carbocycles. The zero-order valence-electron chi connectivity index (χ0n) is 11.2. The summed E-state index contributed by atoms with van der Waals surface area (Å²) in [4.78, 5) is 15.4. The summed E-state index contributed by atoms with van der Waals surface area (Å²) in [7, 11) is 0. The maximum Gasteiger partial charge on any atom is 0.236 e. The molecule has 0 aliphatic carbocycles. The van der Waals surface area contributed by atoms with Crippen molar-refractivity contribution >= 4 is 51.1 Å². The molecule has 21 heavy (non-hydrogen) atoms. The number of carbonyl (C=O) groups is 1. The number of rotatable bonds is 4. The van der Waals surface area contributed by atoms with Gasteiger partial charge in [0.2, 0.25) is 11.0 Å². The number of carbonyl (C=O) groups excluding carboxylic acids is 1. The molecule has 1 aliphatic heterocycles. The van der Waals surface area contributed by atoms with Gasteiger partial charge < -0.3 is 5.32 Å². The van der Waals surface area contributed by atoms with Crippen LogP contribution in [0.4, 0.5) is 5.13 Å². The second-order valence-corrected chi connectivity index (χ2v) is 7.52. The number of nitrogens with zero attached hydrogens (tertiary/aromatic N) is 3. The molecular formula is C13H12N4OS3. The second kappa shape index (κ2) is 6.59. The molecule has 108 valence electrons. The summed E-state index contributed by atoms with van der Waals surface area (Å²) >= 11 is 4.46. The lowest BCUT2D eigenvalue weighted by molar-refractivity contribution is -0.116. The summed E-state index contributed by atoms with van der Waals surface area (Å²) in [6, 6.07) is 8.45. The summed E-state index contributed by atoms with van der Waals surface area (Å²) in [6.45, 7) is 2.08. The number of aliphatic imine (C=N–C) groups is 1. The Balaban J connectivity index is 1.60. The highest BCUT2D eigenvalue weighted by Gasteiger charge is 2.17. The monoisotopic (exact) mass is 336 g/mol. The van der Waals surface area contributed by atoms with Gasteiger partial charge in [-0.2, -0.15) is 4.99 Å². The summed E-state index contributed by atoms with van der Waals surface area (Å²) in [6.07, 6.45) is 0. The molecule has 1 N–H and O–H groups in total. The summed E-state index contributed by atoms with van der Waals surface area (Å²) in [5, 5.41) is 12.0. The average molecular weight is 336 g/mol. The maximum atomic E-state index is 11.1. The first-order valence-electron chi connectivity index (χ1n) is 6.22. The normalized spacial score (nSPS) is 16.4. The van der Waals surface area contributed by atoms with Gasteiger partial charge in [-0.25, -0.2) is 0 Å². The van der Waals surface area contributed by atoms with Crippen LogP contribution in [0.5, 0.6) is 0 Å². The molecule has 8 heteroatoms. The van der Waals surface area contributed by atoms with Gasteiger partial charge in [-0.1, -0.05) is 64.7 Å². The van der Waals surface area contributed by atoms with Gasteiger partial charge in [0, 0.05) is 5.75 Å². The minimum absolute atomic E-state index is 0.0164. The van der Waals surface area contributed by atoms with Crippen molar-refractivity contribution in [3.8, 4) is 0 Å². The molecule has 1 aromatic heterocycles. The van der Waals surface area contributed by atoms with Gasteiger partial charge in [0.05, 0.1) is 5.75 Å². The largest absolute Gasteiger partial charge is 0.304 e. The number of amides is 1. The van der Waals surface area contributed by atoms with Crippen molar-refractivity contribution in [1.82, 2.24) is 15.5 Å². The van der Waals surface area contributed by atoms with Crippen LogP contribution in [0.2, 0.25) is 0 Å². The second-order valence-electron chi connectivity index (χ2n) is 4.38. The van der Waals surface area contributed by atoms with Gasteiger partial charge in [0.15, 0.2) is 9.51 Å². The zero-order valence-corrected chi connectivity index (χ0v) is 13.6. The van der Waals surface area contributed by atoms with E-state index in [1.54, 1.807) is 11.8 Å². The molecule has 0 spiro atoms. The first-order chi connectivity index (χ1) is 10.2. The Bertz CT molecular complexity index is 681. The molecule has 0 bridgehead atoms. The smallest absolute Gasteiger partial charge is 0.236 e. The third kappa shape index (κ3) is 4.05. The number of aromatic nitrogens is 2. The molecular weight excluding hydrogens is 324 g/mol. The SMILES string of the molecule is Cc1ccc(CSc2nnc(/N=C3\NC(=O)CS3)s2)cc1. The van der Waals surface area contributed by atoms with Gasteiger partial charge >= 0.3 is 0 Å². The topological polar surface area (TPSA) is 67.2 Å². The minimum Gasteiger partial charge on any atom is -0.304 e. The lowest BCUT2D eigenvalue weighted by Crippen LogP contribution is -2.19. The van der Waals surface area contributed by atoms with Crippen molar-refractivity contribution < 1.29 is 4.79 Å². The van der Waals surface area contributed by atoms with Crippen LogP contribution in [-0.2, 0) is 10.5 Å². The van der Waals surface area contributed by atoms with Gasteiger partial charge in [-0.3, -0.25) is 4.79 Å². The number of benzene rings is 1. The van der Waals surface area contributed by atoms with Crippen molar-refractivity contribution in [2.24, 2.45) is 4.99 Å². The van der Waals surface area contributed by atoms with Crippen LogP contribution < -0.4 is 5.32 Å². The van der Waals surface area contributed by atoms with E-state index >= 15 is 0 Å². The Morgan fingerprint density at radius 2 is 2.14 bits per heavy atom. The van der Waals surface area contributed by atoms with E-state index in [9.17, 15) is 4.79 Å². The fraction of sp³-hybridized carbons (Fsp3) is 0.231. The standard InChI is InChI=1S/C13H12N4OS3/c1-8-2-4-9(5-3-8)6-20-13-17-16-12(21-13)15-11-14-10(18)7-19-11/h2-5H,6-7H2,1H3,(H,14,15,16,18). The molecule has 1 saturated heterocycles. The number of aryl methyl sites for hydroxylation is 1. The van der Waals surface area contributed by atoms with Crippen LogP contribution >= 0.6 is 34.9 Å². The number of amidine groups is 1. The van der Waals surface area contributed by atoms with E-state index in [1.165, 1.54) is 34.2 Å². The van der Waals surface area contributed by atoms with Crippen LogP contribution in [0.15, 0.2) is 33.6 Å². The fourth-order valence-electron chi connectivity index (χ4n) is 1.61. The molecule has 1 aromatic carbocycles. The Morgan fingerprint density at radius 3 is 2.86 bits per heavy atom. The Labute approximate surface area is 134 Å². The van der Waals surface area contributed by atoms with E-state index in [2.05, 4.69) is 51.7 Å². The number of hydrogen-bond acceptors (Lipinski definition) is 7. The van der Waals surface area contributed by atoms with E-state index in [1.807, 2.05) is 0 Å². The van der Waals surface area contributed by atoms with Gasteiger partial charge in [-0.15, -0.1) is 10.2 Å². The zero-order chi connectivity index (χ0) is 14.7. The highest BCUT2D eigenvalue weighted by Crippen LogP contribution is 2.30. The molecule has 0 unspecified atom stereocenters. The quantitative estimate of drug-likeness (QED) is 0.870. The fourth-order valence-corrected chi connectivity index (χ4v) is 4.02. The Kier molecular flexibility index (Phi) is 4.57. The van der Waals surface area contributed by atoms with Gasteiger partial charge in [0.25, 0.3) is 0 Å². The summed E-state index contributed by atoms with van der Waals surface area (Å²) < 4.78 is 0.879. The lowest BCUT2D eigenvalue weighted by Gasteiger charge is -1.98.